The summed E-state index contributed by atoms with van der Waals surface area (Å²) in [7, 11) is 3.04. The molecule has 0 aliphatic rings. The fourth-order valence-corrected chi connectivity index (χ4v) is 1.70. The molecule has 0 amide bonds. The van der Waals surface area contributed by atoms with Crippen LogP contribution in [-0.2, 0) is 9.53 Å². The van der Waals surface area contributed by atoms with E-state index in [0.717, 1.165) is 5.56 Å². The van der Waals surface area contributed by atoms with Crippen LogP contribution in [0, 0.1) is 6.92 Å². The number of aryl methyl sites for hydroxylation is 1. The van der Waals surface area contributed by atoms with Crippen molar-refractivity contribution in [3.63, 3.8) is 0 Å². The molecule has 0 aliphatic heterocycles. The summed E-state index contributed by atoms with van der Waals surface area (Å²) < 4.78 is 15.2. The zero-order valence-electron chi connectivity index (χ0n) is 11.2. The van der Waals surface area contributed by atoms with E-state index in [1.165, 1.54) is 14.2 Å². The van der Waals surface area contributed by atoms with Crippen LogP contribution < -0.4 is 9.47 Å². The fourth-order valence-electron chi connectivity index (χ4n) is 1.70. The lowest BCUT2D eigenvalue weighted by molar-refractivity contribution is -0.143. The molecule has 6 nitrogen and oxygen atoms in total. The van der Waals surface area contributed by atoms with Crippen molar-refractivity contribution in [2.75, 3.05) is 27.4 Å². The molecule has 1 unspecified atom stereocenters. The van der Waals surface area contributed by atoms with Crippen molar-refractivity contribution in [2.24, 2.45) is 0 Å². The third-order valence-electron chi connectivity index (χ3n) is 2.63. The summed E-state index contributed by atoms with van der Waals surface area (Å²) in [6.45, 7) is 1.28. The largest absolute Gasteiger partial charge is 0.493 e. The quantitative estimate of drug-likeness (QED) is 0.773. The second-order valence-electron chi connectivity index (χ2n) is 3.99. The first-order chi connectivity index (χ1) is 8.99. The summed E-state index contributed by atoms with van der Waals surface area (Å²) in [5, 5.41) is 18.4. The number of carboxylic acids is 1. The third-order valence-corrected chi connectivity index (χ3v) is 2.63. The van der Waals surface area contributed by atoms with E-state index in [-0.39, 0.29) is 6.61 Å². The smallest absolute Gasteiger partial charge is 0.329 e. The van der Waals surface area contributed by atoms with Gasteiger partial charge < -0.3 is 24.4 Å². The fraction of sp³-hybridized carbons (Fsp3) is 0.462. The van der Waals surface area contributed by atoms with E-state index in [0.29, 0.717) is 17.1 Å². The highest BCUT2D eigenvalue weighted by Crippen LogP contribution is 2.32. The van der Waals surface area contributed by atoms with Gasteiger partial charge >= 0.3 is 5.97 Å². The van der Waals surface area contributed by atoms with E-state index >= 15 is 0 Å². The highest BCUT2D eigenvalue weighted by atomic mass is 16.5. The van der Waals surface area contributed by atoms with Gasteiger partial charge in [-0.15, -0.1) is 0 Å². The predicted molar refractivity (Wildman–Crippen MR) is 67.7 cm³/mol. The molecule has 0 spiro atoms. The average molecular weight is 270 g/mol. The van der Waals surface area contributed by atoms with Crippen LogP contribution in [0.3, 0.4) is 0 Å². The molecule has 1 aromatic rings. The van der Waals surface area contributed by atoms with Crippen molar-refractivity contribution < 1.29 is 29.2 Å². The molecule has 0 bridgehead atoms. The zero-order valence-corrected chi connectivity index (χ0v) is 11.2. The van der Waals surface area contributed by atoms with Crippen LogP contribution in [0.2, 0.25) is 0 Å². The van der Waals surface area contributed by atoms with Crippen LogP contribution in [0.25, 0.3) is 0 Å². The number of rotatable bonds is 7. The van der Waals surface area contributed by atoms with Gasteiger partial charge in [-0.3, -0.25) is 0 Å². The normalized spacial score (nSPS) is 12.0. The standard InChI is InChI=1S/C13H18O6/c1-8-4-11(17-2)12(18-3)5-9(8)10(14)6-19-7-13(15)16/h4-5,10,14H,6-7H2,1-3H3,(H,15,16). The van der Waals surface area contributed by atoms with Gasteiger partial charge in [0.15, 0.2) is 11.5 Å². The van der Waals surface area contributed by atoms with Gasteiger partial charge in [0.2, 0.25) is 0 Å². The molecule has 0 aromatic heterocycles. The van der Waals surface area contributed by atoms with Crippen LogP contribution in [0.15, 0.2) is 12.1 Å². The molecule has 1 atom stereocenters. The first-order valence-electron chi connectivity index (χ1n) is 5.69. The van der Waals surface area contributed by atoms with Crippen LogP contribution in [0.1, 0.15) is 17.2 Å². The van der Waals surface area contributed by atoms with Crippen LogP contribution >= 0.6 is 0 Å². The maximum absolute atomic E-state index is 10.3. The van der Waals surface area contributed by atoms with Gasteiger partial charge in [0, 0.05) is 0 Å². The Morgan fingerprint density at radius 3 is 2.37 bits per heavy atom. The Morgan fingerprint density at radius 2 is 1.84 bits per heavy atom. The highest BCUT2D eigenvalue weighted by Gasteiger charge is 2.15. The summed E-state index contributed by atoms with van der Waals surface area (Å²) >= 11 is 0. The molecule has 2 N–H and O–H groups in total. The van der Waals surface area contributed by atoms with Gasteiger partial charge in [-0.05, 0) is 30.2 Å². The summed E-state index contributed by atoms with van der Waals surface area (Å²) in [5.74, 6) is -0.000905. The predicted octanol–water partition coefficient (Wildman–Crippen LogP) is 1.15. The Balaban J connectivity index is 2.84. The highest BCUT2D eigenvalue weighted by molar-refractivity contribution is 5.68. The lowest BCUT2D eigenvalue weighted by Gasteiger charge is -2.16. The van der Waals surface area contributed by atoms with E-state index in [1.807, 2.05) is 6.92 Å². The lowest BCUT2D eigenvalue weighted by Crippen LogP contribution is -2.14. The van der Waals surface area contributed by atoms with Gasteiger partial charge in [0.25, 0.3) is 0 Å². The van der Waals surface area contributed by atoms with Crippen molar-refractivity contribution in [3.8, 4) is 11.5 Å². The molecule has 1 rings (SSSR count). The Bertz CT molecular complexity index is 443. The molecule has 0 fully saturated rings. The number of aliphatic hydroxyl groups is 1. The van der Waals surface area contributed by atoms with E-state index in [9.17, 15) is 9.90 Å². The number of hydrogen-bond acceptors (Lipinski definition) is 5. The van der Waals surface area contributed by atoms with Crippen LogP contribution in [0.4, 0.5) is 0 Å². The average Bonchev–Trinajstić information content (AvgIpc) is 2.37. The van der Waals surface area contributed by atoms with Crippen molar-refractivity contribution in [1.82, 2.24) is 0 Å². The van der Waals surface area contributed by atoms with Crippen molar-refractivity contribution >= 4 is 5.97 Å². The number of carbonyl (C=O) groups is 1. The first-order valence-corrected chi connectivity index (χ1v) is 5.69. The van der Waals surface area contributed by atoms with Crippen LogP contribution in [0.5, 0.6) is 11.5 Å². The molecule has 0 saturated carbocycles. The molecular formula is C13H18O6. The molecular weight excluding hydrogens is 252 g/mol. The molecule has 1 aromatic carbocycles. The van der Waals surface area contributed by atoms with Gasteiger partial charge in [-0.25, -0.2) is 4.79 Å². The molecule has 0 aliphatic carbocycles. The Kier molecular flexibility index (Phi) is 5.59. The number of carboxylic acid groups (broad SMARTS) is 1. The number of aliphatic hydroxyl groups excluding tert-OH is 1. The molecule has 0 radical (unpaired) electrons. The molecule has 0 saturated heterocycles. The summed E-state index contributed by atoms with van der Waals surface area (Å²) in [6.07, 6.45) is -0.917. The van der Waals surface area contributed by atoms with Gasteiger partial charge in [0.1, 0.15) is 12.7 Å². The SMILES string of the molecule is COc1cc(C)c(C(O)COCC(=O)O)cc1OC. The van der Waals surface area contributed by atoms with E-state index in [2.05, 4.69) is 0 Å². The molecule has 0 heterocycles. The van der Waals surface area contributed by atoms with Crippen molar-refractivity contribution in [2.45, 2.75) is 13.0 Å². The molecule has 6 heteroatoms. The number of ether oxygens (including phenoxy) is 3. The Morgan fingerprint density at radius 1 is 1.26 bits per heavy atom. The van der Waals surface area contributed by atoms with E-state index < -0.39 is 18.7 Å². The molecule has 19 heavy (non-hydrogen) atoms. The van der Waals surface area contributed by atoms with E-state index in [1.54, 1.807) is 12.1 Å². The van der Waals surface area contributed by atoms with Crippen LogP contribution in [-0.4, -0.2) is 43.6 Å². The van der Waals surface area contributed by atoms with Crippen molar-refractivity contribution in [1.29, 1.82) is 0 Å². The second kappa shape index (κ2) is 6.96. The van der Waals surface area contributed by atoms with Crippen molar-refractivity contribution in [3.05, 3.63) is 23.3 Å². The number of aliphatic carboxylic acids is 1. The number of hydrogen-bond donors (Lipinski definition) is 2. The second-order valence-corrected chi connectivity index (χ2v) is 3.99. The minimum atomic E-state index is -1.07. The summed E-state index contributed by atoms with van der Waals surface area (Å²) in [6, 6.07) is 3.40. The Labute approximate surface area is 111 Å². The number of benzene rings is 1. The Hall–Kier alpha value is -1.79. The number of methoxy groups -OCH3 is 2. The van der Waals surface area contributed by atoms with E-state index in [4.69, 9.17) is 19.3 Å². The summed E-state index contributed by atoms with van der Waals surface area (Å²) in [5.41, 5.74) is 1.42. The summed E-state index contributed by atoms with van der Waals surface area (Å²) in [4.78, 5) is 10.3. The third kappa shape index (κ3) is 4.11. The lowest BCUT2D eigenvalue weighted by atomic mass is 10.0. The topological polar surface area (TPSA) is 85.2 Å². The monoisotopic (exact) mass is 270 g/mol. The minimum absolute atomic E-state index is 0.0946. The van der Waals surface area contributed by atoms with Gasteiger partial charge in [0.05, 0.1) is 20.8 Å². The van der Waals surface area contributed by atoms with Gasteiger partial charge in [-0.1, -0.05) is 0 Å². The first kappa shape index (κ1) is 15.3. The maximum atomic E-state index is 10.3. The van der Waals surface area contributed by atoms with Gasteiger partial charge in [-0.2, -0.15) is 0 Å². The minimum Gasteiger partial charge on any atom is -0.493 e. The zero-order chi connectivity index (χ0) is 14.4. The maximum Gasteiger partial charge on any atom is 0.329 e. The molecule has 106 valence electrons.